The lowest BCUT2D eigenvalue weighted by atomic mass is 9.90. The first-order chi connectivity index (χ1) is 8.81. The van der Waals surface area contributed by atoms with E-state index < -0.39 is 0 Å². The van der Waals surface area contributed by atoms with E-state index in [4.69, 9.17) is 9.47 Å². The fraction of sp³-hybridized carbons (Fsp3) is 0.929. The Hall–Kier alpha value is -0.610. The van der Waals surface area contributed by atoms with Crippen molar-refractivity contribution in [2.75, 3.05) is 26.4 Å². The van der Waals surface area contributed by atoms with E-state index in [2.05, 4.69) is 5.32 Å². The van der Waals surface area contributed by atoms with Gasteiger partial charge in [0.25, 0.3) is 0 Å². The minimum atomic E-state index is -0.117. The predicted octanol–water partition coefficient (Wildman–Crippen LogP) is 1.73. The summed E-state index contributed by atoms with van der Waals surface area (Å²) in [5, 5.41) is 3.29. The van der Waals surface area contributed by atoms with Gasteiger partial charge in [-0.1, -0.05) is 26.2 Å². The Kier molecular flexibility index (Phi) is 5.45. The Bertz CT molecular complexity index is 264. The average Bonchev–Trinajstić information content (AvgIpc) is 2.86. The summed E-state index contributed by atoms with van der Waals surface area (Å²) >= 11 is 0. The minimum absolute atomic E-state index is 0.0796. The Balaban J connectivity index is 1.73. The molecule has 2 aliphatic rings. The van der Waals surface area contributed by atoms with Crippen molar-refractivity contribution < 1.29 is 14.3 Å². The first-order valence-corrected chi connectivity index (χ1v) is 7.29. The van der Waals surface area contributed by atoms with E-state index in [9.17, 15) is 4.79 Å². The van der Waals surface area contributed by atoms with Crippen LogP contribution in [0.5, 0.6) is 0 Å². The second-order valence-electron chi connectivity index (χ2n) is 5.44. The molecule has 2 fully saturated rings. The summed E-state index contributed by atoms with van der Waals surface area (Å²) in [5.41, 5.74) is 0. The maximum atomic E-state index is 12.0. The molecule has 0 radical (unpaired) electrons. The van der Waals surface area contributed by atoms with Crippen LogP contribution >= 0.6 is 0 Å². The Labute approximate surface area is 109 Å². The van der Waals surface area contributed by atoms with E-state index >= 15 is 0 Å². The van der Waals surface area contributed by atoms with Crippen molar-refractivity contribution in [3.8, 4) is 0 Å². The van der Waals surface area contributed by atoms with Gasteiger partial charge in [-0.2, -0.15) is 0 Å². The Morgan fingerprint density at radius 1 is 1.28 bits per heavy atom. The molecule has 0 aromatic carbocycles. The third-order valence-electron chi connectivity index (χ3n) is 4.04. The molecule has 1 saturated carbocycles. The van der Waals surface area contributed by atoms with Crippen molar-refractivity contribution in [2.45, 2.75) is 45.1 Å². The van der Waals surface area contributed by atoms with Crippen molar-refractivity contribution in [1.82, 2.24) is 5.32 Å². The van der Waals surface area contributed by atoms with Gasteiger partial charge in [-0.15, -0.1) is 0 Å². The van der Waals surface area contributed by atoms with E-state index in [1.807, 2.05) is 6.92 Å². The summed E-state index contributed by atoms with van der Waals surface area (Å²) in [5.74, 6) is 0.389. The highest BCUT2D eigenvalue weighted by Gasteiger charge is 2.35. The summed E-state index contributed by atoms with van der Waals surface area (Å²) in [6.07, 6.45) is 6.34. The lowest BCUT2D eigenvalue weighted by Crippen LogP contribution is -2.40. The first-order valence-electron chi connectivity index (χ1n) is 7.29. The lowest BCUT2D eigenvalue weighted by molar-refractivity contribution is -0.150. The number of ether oxygens (including phenoxy) is 2. The molecule has 104 valence electrons. The van der Waals surface area contributed by atoms with Gasteiger partial charge in [0, 0.05) is 6.04 Å². The molecule has 1 saturated heterocycles. The van der Waals surface area contributed by atoms with Crippen molar-refractivity contribution >= 4 is 5.97 Å². The molecule has 1 N–H and O–H groups in total. The first kappa shape index (κ1) is 13.8. The molecule has 4 heteroatoms. The van der Waals surface area contributed by atoms with Crippen LogP contribution in [0.25, 0.3) is 0 Å². The highest BCUT2D eigenvalue weighted by molar-refractivity contribution is 5.73. The van der Waals surface area contributed by atoms with E-state index in [1.54, 1.807) is 0 Å². The summed E-state index contributed by atoms with van der Waals surface area (Å²) in [7, 11) is 0. The molecule has 0 amide bonds. The highest BCUT2D eigenvalue weighted by atomic mass is 16.5. The molecule has 1 aliphatic heterocycles. The summed E-state index contributed by atoms with van der Waals surface area (Å²) in [6, 6.07) is 0.133. The molecule has 1 heterocycles. The number of nitrogens with one attached hydrogen (secondary N) is 1. The zero-order valence-corrected chi connectivity index (χ0v) is 11.3. The van der Waals surface area contributed by atoms with E-state index in [-0.39, 0.29) is 17.9 Å². The fourth-order valence-electron chi connectivity index (χ4n) is 2.91. The third kappa shape index (κ3) is 3.69. The van der Waals surface area contributed by atoms with Gasteiger partial charge < -0.3 is 14.8 Å². The molecule has 2 unspecified atom stereocenters. The molecule has 18 heavy (non-hydrogen) atoms. The summed E-state index contributed by atoms with van der Waals surface area (Å²) < 4.78 is 10.9. The molecule has 0 aromatic rings. The fourth-order valence-corrected chi connectivity index (χ4v) is 2.91. The SMILES string of the molecule is CCNC1COCC1C(=O)OCC1CCCCC1. The highest BCUT2D eigenvalue weighted by Crippen LogP contribution is 2.24. The molecule has 2 rings (SSSR count). The molecule has 2 atom stereocenters. The quantitative estimate of drug-likeness (QED) is 0.760. The Morgan fingerprint density at radius 3 is 2.78 bits per heavy atom. The molecule has 1 aliphatic carbocycles. The minimum Gasteiger partial charge on any atom is -0.465 e. The standard InChI is InChI=1S/C14H25NO3/c1-2-15-13-10-17-9-12(13)14(16)18-8-11-6-4-3-5-7-11/h11-13,15H,2-10H2,1H3. The second kappa shape index (κ2) is 7.10. The van der Waals surface area contributed by atoms with Gasteiger partial charge in [0.1, 0.15) is 0 Å². The lowest BCUT2D eigenvalue weighted by Gasteiger charge is -2.23. The molecular weight excluding hydrogens is 230 g/mol. The van der Waals surface area contributed by atoms with Crippen molar-refractivity contribution in [2.24, 2.45) is 11.8 Å². The van der Waals surface area contributed by atoms with Crippen molar-refractivity contribution in [3.63, 3.8) is 0 Å². The van der Waals surface area contributed by atoms with E-state index in [1.165, 1.54) is 32.1 Å². The van der Waals surface area contributed by atoms with E-state index in [0.29, 0.717) is 25.7 Å². The molecule has 4 nitrogen and oxygen atoms in total. The van der Waals surface area contributed by atoms with Gasteiger partial charge in [-0.25, -0.2) is 0 Å². The zero-order chi connectivity index (χ0) is 12.8. The van der Waals surface area contributed by atoms with Crippen LogP contribution in [0.3, 0.4) is 0 Å². The average molecular weight is 255 g/mol. The van der Waals surface area contributed by atoms with Gasteiger partial charge in [0.2, 0.25) is 0 Å². The van der Waals surface area contributed by atoms with Gasteiger partial charge in [0.05, 0.1) is 25.7 Å². The number of esters is 1. The third-order valence-corrected chi connectivity index (χ3v) is 4.04. The summed E-state index contributed by atoms with van der Waals surface area (Å²) in [4.78, 5) is 12.0. The van der Waals surface area contributed by atoms with Crippen LogP contribution in [-0.2, 0) is 14.3 Å². The Morgan fingerprint density at radius 2 is 2.06 bits per heavy atom. The zero-order valence-electron chi connectivity index (χ0n) is 11.3. The monoisotopic (exact) mass is 255 g/mol. The van der Waals surface area contributed by atoms with Crippen LogP contribution in [-0.4, -0.2) is 38.4 Å². The predicted molar refractivity (Wildman–Crippen MR) is 69.3 cm³/mol. The maximum absolute atomic E-state index is 12.0. The molecule has 0 spiro atoms. The molecule has 0 aromatic heterocycles. The van der Waals surface area contributed by atoms with Gasteiger partial charge in [-0.05, 0) is 25.3 Å². The van der Waals surface area contributed by atoms with Crippen LogP contribution in [0.1, 0.15) is 39.0 Å². The van der Waals surface area contributed by atoms with Gasteiger partial charge in [0.15, 0.2) is 0 Å². The number of rotatable bonds is 5. The normalized spacial score (nSPS) is 29.4. The van der Waals surface area contributed by atoms with Gasteiger partial charge in [-0.3, -0.25) is 4.79 Å². The molecular formula is C14H25NO3. The van der Waals surface area contributed by atoms with Gasteiger partial charge >= 0.3 is 5.97 Å². The number of likely N-dealkylation sites (N-methyl/N-ethyl adjacent to an activating group) is 1. The largest absolute Gasteiger partial charge is 0.465 e. The van der Waals surface area contributed by atoms with Crippen LogP contribution in [0.4, 0.5) is 0 Å². The summed E-state index contributed by atoms with van der Waals surface area (Å²) in [6.45, 7) is 4.63. The van der Waals surface area contributed by atoms with Crippen LogP contribution in [0.15, 0.2) is 0 Å². The number of carbonyl (C=O) groups is 1. The smallest absolute Gasteiger partial charge is 0.312 e. The van der Waals surface area contributed by atoms with Crippen LogP contribution in [0.2, 0.25) is 0 Å². The van der Waals surface area contributed by atoms with Crippen molar-refractivity contribution in [1.29, 1.82) is 0 Å². The van der Waals surface area contributed by atoms with E-state index in [0.717, 1.165) is 6.54 Å². The maximum Gasteiger partial charge on any atom is 0.312 e. The number of hydrogen-bond acceptors (Lipinski definition) is 4. The molecule has 0 bridgehead atoms. The van der Waals surface area contributed by atoms with Crippen molar-refractivity contribution in [3.05, 3.63) is 0 Å². The topological polar surface area (TPSA) is 47.6 Å². The number of carbonyl (C=O) groups excluding carboxylic acids is 1. The number of hydrogen-bond donors (Lipinski definition) is 1. The van der Waals surface area contributed by atoms with Crippen LogP contribution < -0.4 is 5.32 Å². The van der Waals surface area contributed by atoms with Crippen LogP contribution in [0, 0.1) is 11.8 Å². The second-order valence-corrected chi connectivity index (χ2v) is 5.44.